The van der Waals surface area contributed by atoms with Crippen LogP contribution in [-0.2, 0) is 0 Å². The molecule has 11 heavy (non-hydrogen) atoms. The molecule has 0 aliphatic carbocycles. The summed E-state index contributed by atoms with van der Waals surface area (Å²) in [6.07, 6.45) is 7.00. The summed E-state index contributed by atoms with van der Waals surface area (Å²) in [5, 5.41) is 0. The molecule has 0 aromatic rings. The molecule has 0 fully saturated rings. The van der Waals surface area contributed by atoms with E-state index in [9.17, 15) is 0 Å². The zero-order valence-corrected chi connectivity index (χ0v) is 6.62. The summed E-state index contributed by atoms with van der Waals surface area (Å²) in [6.45, 7) is 5.38. The minimum Gasteiger partial charge on any atom is -0.370 e. The lowest BCUT2D eigenvalue weighted by Crippen LogP contribution is -2.22. The van der Waals surface area contributed by atoms with E-state index in [0.29, 0.717) is 0 Å². The quantitative estimate of drug-likeness (QED) is 0.357. The Balaban J connectivity index is 4.33. The lowest BCUT2D eigenvalue weighted by Gasteiger charge is -1.92. The molecule has 0 aliphatic heterocycles. The second-order valence-corrected chi connectivity index (χ2v) is 1.85. The van der Waals surface area contributed by atoms with Gasteiger partial charge in [-0.2, -0.15) is 0 Å². The van der Waals surface area contributed by atoms with Crippen LogP contribution in [-0.4, -0.2) is 5.96 Å². The van der Waals surface area contributed by atoms with E-state index in [0.717, 1.165) is 5.70 Å². The van der Waals surface area contributed by atoms with Crippen molar-refractivity contribution in [2.75, 3.05) is 0 Å². The summed E-state index contributed by atoms with van der Waals surface area (Å²) in [4.78, 5) is 3.83. The highest BCUT2D eigenvalue weighted by molar-refractivity contribution is 5.77. The van der Waals surface area contributed by atoms with Crippen LogP contribution in [0, 0.1) is 0 Å². The fourth-order valence-corrected chi connectivity index (χ4v) is 0.514. The van der Waals surface area contributed by atoms with Gasteiger partial charge >= 0.3 is 0 Å². The van der Waals surface area contributed by atoms with Crippen molar-refractivity contribution in [3.63, 3.8) is 0 Å². The summed E-state index contributed by atoms with van der Waals surface area (Å²) in [7, 11) is 0. The van der Waals surface area contributed by atoms with Gasteiger partial charge in [-0.25, -0.2) is 4.99 Å². The van der Waals surface area contributed by atoms with Crippen LogP contribution in [0.5, 0.6) is 0 Å². The Hall–Kier alpha value is -1.51. The number of allylic oxidation sites excluding steroid dienone is 4. The van der Waals surface area contributed by atoms with Crippen molar-refractivity contribution in [2.24, 2.45) is 16.5 Å². The van der Waals surface area contributed by atoms with Crippen molar-refractivity contribution in [1.29, 1.82) is 0 Å². The van der Waals surface area contributed by atoms with E-state index in [1.54, 1.807) is 24.3 Å². The third-order valence-electron chi connectivity index (χ3n) is 0.957. The third-order valence-corrected chi connectivity index (χ3v) is 0.957. The molecular weight excluding hydrogens is 138 g/mol. The first-order valence-corrected chi connectivity index (χ1v) is 3.25. The van der Waals surface area contributed by atoms with Crippen LogP contribution >= 0.6 is 0 Å². The molecule has 0 heterocycles. The number of guanidine groups is 1. The van der Waals surface area contributed by atoms with Crippen molar-refractivity contribution in [3.8, 4) is 0 Å². The van der Waals surface area contributed by atoms with Gasteiger partial charge in [0.05, 0.1) is 5.70 Å². The van der Waals surface area contributed by atoms with E-state index in [1.807, 2.05) is 6.92 Å². The molecule has 60 valence electrons. The van der Waals surface area contributed by atoms with E-state index < -0.39 is 0 Å². The van der Waals surface area contributed by atoms with Crippen LogP contribution in [0.1, 0.15) is 6.92 Å². The van der Waals surface area contributed by atoms with Crippen molar-refractivity contribution < 1.29 is 0 Å². The average Bonchev–Trinajstić information content (AvgIpc) is 1.97. The molecule has 0 saturated heterocycles. The van der Waals surface area contributed by atoms with Crippen molar-refractivity contribution in [2.45, 2.75) is 6.92 Å². The molecule has 0 spiro atoms. The van der Waals surface area contributed by atoms with Gasteiger partial charge in [-0.3, -0.25) is 0 Å². The maximum atomic E-state index is 5.17. The van der Waals surface area contributed by atoms with E-state index >= 15 is 0 Å². The summed E-state index contributed by atoms with van der Waals surface area (Å²) in [5.41, 5.74) is 11.1. The maximum absolute atomic E-state index is 5.17. The van der Waals surface area contributed by atoms with Gasteiger partial charge in [0.1, 0.15) is 0 Å². The second kappa shape index (κ2) is 5.29. The largest absolute Gasteiger partial charge is 0.370 e. The number of nitrogens with two attached hydrogens (primary N) is 2. The number of rotatable bonds is 3. The SMILES string of the molecule is C=C/C=C\C(=C/C)N=C(N)N. The molecule has 0 radical (unpaired) electrons. The predicted molar refractivity (Wildman–Crippen MR) is 48.9 cm³/mol. The van der Waals surface area contributed by atoms with Gasteiger partial charge in [-0.15, -0.1) is 0 Å². The van der Waals surface area contributed by atoms with Crippen molar-refractivity contribution in [3.05, 3.63) is 36.6 Å². The van der Waals surface area contributed by atoms with Crippen molar-refractivity contribution in [1.82, 2.24) is 0 Å². The van der Waals surface area contributed by atoms with Crippen LogP contribution in [0.15, 0.2) is 41.6 Å². The summed E-state index contributed by atoms with van der Waals surface area (Å²) < 4.78 is 0. The molecule has 0 saturated carbocycles. The summed E-state index contributed by atoms with van der Waals surface area (Å²) in [6, 6.07) is 0. The fourth-order valence-electron chi connectivity index (χ4n) is 0.514. The smallest absolute Gasteiger partial charge is 0.191 e. The highest BCUT2D eigenvalue weighted by Gasteiger charge is 1.84. The van der Waals surface area contributed by atoms with Gasteiger partial charge in [-0.05, 0) is 13.0 Å². The molecule has 0 atom stereocenters. The highest BCUT2D eigenvalue weighted by Crippen LogP contribution is 1.97. The Bertz CT molecular complexity index is 207. The molecule has 4 N–H and O–H groups in total. The lowest BCUT2D eigenvalue weighted by molar-refractivity contribution is 1.33. The number of hydrogen-bond acceptors (Lipinski definition) is 1. The van der Waals surface area contributed by atoms with E-state index in [1.165, 1.54) is 0 Å². The Morgan fingerprint density at radius 1 is 1.45 bits per heavy atom. The number of hydrogen-bond donors (Lipinski definition) is 2. The third kappa shape index (κ3) is 4.96. The first-order valence-electron chi connectivity index (χ1n) is 3.25. The molecule has 0 aromatic carbocycles. The van der Waals surface area contributed by atoms with E-state index in [2.05, 4.69) is 11.6 Å². The standard InChI is InChI=1S/C8H13N3/c1-3-5-6-7(4-2)11-8(9)10/h3-6H,1H2,2H3,(H4,9,10,11)/b6-5-,7-4+. The summed E-state index contributed by atoms with van der Waals surface area (Å²) >= 11 is 0. The van der Waals surface area contributed by atoms with Gasteiger partial charge < -0.3 is 11.5 Å². The Morgan fingerprint density at radius 3 is 2.45 bits per heavy atom. The van der Waals surface area contributed by atoms with Gasteiger partial charge in [0.25, 0.3) is 0 Å². The molecule has 3 nitrogen and oxygen atoms in total. The topological polar surface area (TPSA) is 64.4 Å². The van der Waals surface area contributed by atoms with E-state index in [4.69, 9.17) is 11.5 Å². The molecule has 0 aliphatic rings. The van der Waals surface area contributed by atoms with Crippen LogP contribution in [0.4, 0.5) is 0 Å². The molecule has 0 rings (SSSR count). The van der Waals surface area contributed by atoms with Crippen molar-refractivity contribution >= 4 is 5.96 Å². The van der Waals surface area contributed by atoms with Gasteiger partial charge in [-0.1, -0.05) is 24.8 Å². The summed E-state index contributed by atoms with van der Waals surface area (Å²) in [5.74, 6) is 0.0619. The Labute approximate surface area is 66.8 Å². The normalized spacial score (nSPS) is 11.5. The van der Waals surface area contributed by atoms with Crippen LogP contribution in [0.25, 0.3) is 0 Å². The van der Waals surface area contributed by atoms with Gasteiger partial charge in [0.2, 0.25) is 0 Å². The molecule has 0 bridgehead atoms. The van der Waals surface area contributed by atoms with E-state index in [-0.39, 0.29) is 5.96 Å². The molecule has 0 unspecified atom stereocenters. The molecule has 0 amide bonds. The maximum Gasteiger partial charge on any atom is 0.191 e. The zero-order chi connectivity index (χ0) is 8.69. The minimum atomic E-state index is 0.0619. The second-order valence-electron chi connectivity index (χ2n) is 1.85. The first-order chi connectivity index (χ1) is 5.20. The monoisotopic (exact) mass is 151 g/mol. The number of aliphatic imine (C=N–C) groups is 1. The lowest BCUT2D eigenvalue weighted by atomic mass is 10.3. The first kappa shape index (κ1) is 9.49. The Kier molecular flexibility index (Phi) is 4.56. The fraction of sp³-hybridized carbons (Fsp3) is 0.125. The minimum absolute atomic E-state index is 0.0619. The van der Waals surface area contributed by atoms with Gasteiger partial charge in [0.15, 0.2) is 5.96 Å². The van der Waals surface area contributed by atoms with Crippen LogP contribution in [0.2, 0.25) is 0 Å². The average molecular weight is 151 g/mol. The van der Waals surface area contributed by atoms with Crippen LogP contribution < -0.4 is 11.5 Å². The predicted octanol–water partition coefficient (Wildman–Crippen LogP) is 0.906. The zero-order valence-electron chi connectivity index (χ0n) is 6.62. The Morgan fingerprint density at radius 2 is 2.09 bits per heavy atom. The molecule has 0 aromatic heterocycles. The molecular formula is C8H13N3. The highest BCUT2D eigenvalue weighted by atomic mass is 15.0. The number of nitrogens with zero attached hydrogens (tertiary/aromatic N) is 1. The molecule has 3 heteroatoms. The van der Waals surface area contributed by atoms with Gasteiger partial charge in [0, 0.05) is 0 Å². The van der Waals surface area contributed by atoms with Crippen LogP contribution in [0.3, 0.4) is 0 Å².